The number of rotatable bonds is 4. The summed E-state index contributed by atoms with van der Waals surface area (Å²) in [7, 11) is 0. The van der Waals surface area contributed by atoms with E-state index in [0.717, 1.165) is 29.5 Å². The fourth-order valence-electron chi connectivity index (χ4n) is 2.75. The first-order chi connectivity index (χ1) is 11.8. The predicted octanol–water partition coefficient (Wildman–Crippen LogP) is 4.00. The molecule has 3 heterocycles. The number of benzene rings is 1. The van der Waals surface area contributed by atoms with E-state index in [9.17, 15) is 0 Å². The molecule has 4 rings (SSSR count). The molecule has 0 saturated carbocycles. The molecular formula is C16H16ClN5OS. The van der Waals surface area contributed by atoms with E-state index in [0.29, 0.717) is 22.5 Å². The van der Waals surface area contributed by atoms with Crippen LogP contribution in [0.15, 0.2) is 33.9 Å². The van der Waals surface area contributed by atoms with Crippen LogP contribution in [-0.2, 0) is 18.7 Å². The van der Waals surface area contributed by atoms with E-state index in [1.165, 1.54) is 19.3 Å². The van der Waals surface area contributed by atoms with Crippen LogP contribution in [0.1, 0.15) is 31.0 Å². The first-order valence-electron chi connectivity index (χ1n) is 7.93. The van der Waals surface area contributed by atoms with Gasteiger partial charge in [0.05, 0.1) is 5.75 Å². The number of aryl methyl sites for hydroxylation is 1. The zero-order valence-corrected chi connectivity index (χ0v) is 14.6. The van der Waals surface area contributed by atoms with Crippen molar-refractivity contribution in [3.63, 3.8) is 0 Å². The smallest absolute Gasteiger partial charge is 0.237 e. The maximum atomic E-state index is 6.00. The fourth-order valence-corrected chi connectivity index (χ4v) is 3.76. The van der Waals surface area contributed by atoms with E-state index < -0.39 is 0 Å². The summed E-state index contributed by atoms with van der Waals surface area (Å²) in [6.45, 7) is 0.988. The van der Waals surface area contributed by atoms with Crippen LogP contribution in [0.25, 0.3) is 11.4 Å². The Morgan fingerprint density at radius 3 is 3.08 bits per heavy atom. The Bertz CT molecular complexity index is 847. The van der Waals surface area contributed by atoms with Gasteiger partial charge in [0.1, 0.15) is 5.82 Å². The number of halogens is 1. The lowest BCUT2D eigenvalue weighted by Crippen LogP contribution is -2.02. The van der Waals surface area contributed by atoms with E-state index in [2.05, 4.69) is 24.9 Å². The van der Waals surface area contributed by atoms with Crippen molar-refractivity contribution in [1.82, 2.24) is 24.9 Å². The molecule has 2 aromatic heterocycles. The first kappa shape index (κ1) is 15.7. The minimum atomic E-state index is 0.549. The molecule has 3 aromatic rings. The molecule has 0 atom stereocenters. The normalized spacial score (nSPS) is 14.4. The lowest BCUT2D eigenvalue weighted by atomic mass is 10.2. The molecule has 0 aliphatic carbocycles. The Balaban J connectivity index is 1.46. The summed E-state index contributed by atoms with van der Waals surface area (Å²) in [6.07, 6.45) is 4.63. The van der Waals surface area contributed by atoms with Gasteiger partial charge in [-0.25, -0.2) is 0 Å². The van der Waals surface area contributed by atoms with E-state index in [1.807, 2.05) is 24.3 Å². The van der Waals surface area contributed by atoms with Crippen LogP contribution in [0.4, 0.5) is 0 Å². The fraction of sp³-hybridized carbons (Fsp3) is 0.375. The number of aromatic nitrogens is 5. The minimum absolute atomic E-state index is 0.549. The molecule has 0 amide bonds. The zero-order chi connectivity index (χ0) is 16.4. The van der Waals surface area contributed by atoms with Crippen LogP contribution in [0, 0.1) is 0 Å². The SMILES string of the molecule is Clc1cccc(-c2noc(CSc3nnc4n3CCCCC4)n2)c1. The molecule has 0 bridgehead atoms. The van der Waals surface area contributed by atoms with Gasteiger partial charge in [0.25, 0.3) is 0 Å². The lowest BCUT2D eigenvalue weighted by Gasteiger charge is -2.04. The molecule has 0 radical (unpaired) electrons. The highest BCUT2D eigenvalue weighted by molar-refractivity contribution is 7.98. The van der Waals surface area contributed by atoms with Gasteiger partial charge >= 0.3 is 0 Å². The van der Waals surface area contributed by atoms with Crippen molar-refractivity contribution in [3.05, 3.63) is 41.0 Å². The Morgan fingerprint density at radius 1 is 1.21 bits per heavy atom. The van der Waals surface area contributed by atoms with Crippen molar-refractivity contribution < 1.29 is 4.52 Å². The predicted molar refractivity (Wildman–Crippen MR) is 91.9 cm³/mol. The molecule has 1 aliphatic rings. The van der Waals surface area contributed by atoms with Gasteiger partial charge in [-0.2, -0.15) is 4.98 Å². The van der Waals surface area contributed by atoms with Gasteiger partial charge in [0.15, 0.2) is 5.16 Å². The number of hydrogen-bond acceptors (Lipinski definition) is 6. The van der Waals surface area contributed by atoms with Gasteiger partial charge in [-0.05, 0) is 25.0 Å². The van der Waals surface area contributed by atoms with E-state index in [1.54, 1.807) is 11.8 Å². The Morgan fingerprint density at radius 2 is 2.17 bits per heavy atom. The Labute approximate surface area is 148 Å². The van der Waals surface area contributed by atoms with Crippen molar-refractivity contribution >= 4 is 23.4 Å². The van der Waals surface area contributed by atoms with Gasteiger partial charge in [-0.15, -0.1) is 10.2 Å². The summed E-state index contributed by atoms with van der Waals surface area (Å²) in [5.41, 5.74) is 0.846. The lowest BCUT2D eigenvalue weighted by molar-refractivity contribution is 0.391. The molecule has 0 fully saturated rings. The molecule has 6 nitrogen and oxygen atoms in total. The number of fused-ring (bicyclic) bond motifs is 1. The second-order valence-corrected chi connectivity index (χ2v) is 7.05. The molecule has 0 spiro atoms. The third-order valence-corrected chi connectivity index (χ3v) is 5.14. The van der Waals surface area contributed by atoms with Crippen molar-refractivity contribution in [2.45, 2.75) is 43.1 Å². The van der Waals surface area contributed by atoms with Crippen molar-refractivity contribution in [3.8, 4) is 11.4 Å². The summed E-state index contributed by atoms with van der Waals surface area (Å²) in [5.74, 6) is 2.78. The molecule has 24 heavy (non-hydrogen) atoms. The van der Waals surface area contributed by atoms with E-state index >= 15 is 0 Å². The summed E-state index contributed by atoms with van der Waals surface area (Å²) in [6, 6.07) is 7.42. The van der Waals surface area contributed by atoms with Crippen LogP contribution in [0.5, 0.6) is 0 Å². The standard InChI is InChI=1S/C16H16ClN5OS/c17-12-6-4-5-11(9-12)15-18-14(23-21-15)10-24-16-20-19-13-7-2-1-3-8-22(13)16/h4-6,9H,1-3,7-8,10H2. The van der Waals surface area contributed by atoms with Crippen LogP contribution >= 0.6 is 23.4 Å². The Hall–Kier alpha value is -1.86. The summed E-state index contributed by atoms with van der Waals surface area (Å²) >= 11 is 7.59. The maximum absolute atomic E-state index is 6.00. The van der Waals surface area contributed by atoms with Crippen molar-refractivity contribution in [2.24, 2.45) is 0 Å². The molecule has 1 aromatic carbocycles. The monoisotopic (exact) mass is 361 g/mol. The van der Waals surface area contributed by atoms with Gasteiger partial charge in [0, 0.05) is 23.6 Å². The average molecular weight is 362 g/mol. The van der Waals surface area contributed by atoms with Gasteiger partial charge < -0.3 is 9.09 Å². The molecule has 8 heteroatoms. The molecular weight excluding hydrogens is 346 g/mol. The molecule has 0 N–H and O–H groups in total. The van der Waals surface area contributed by atoms with E-state index in [-0.39, 0.29) is 0 Å². The maximum Gasteiger partial charge on any atom is 0.237 e. The Kier molecular flexibility index (Phi) is 4.53. The summed E-state index contributed by atoms with van der Waals surface area (Å²) in [5, 5.41) is 14.2. The highest BCUT2D eigenvalue weighted by atomic mass is 35.5. The average Bonchev–Trinajstić information content (AvgIpc) is 3.14. The van der Waals surface area contributed by atoms with Crippen LogP contribution in [-0.4, -0.2) is 24.9 Å². The number of hydrogen-bond donors (Lipinski definition) is 0. The third-order valence-electron chi connectivity index (χ3n) is 3.95. The molecule has 124 valence electrons. The van der Waals surface area contributed by atoms with Crippen LogP contribution in [0.2, 0.25) is 5.02 Å². The largest absolute Gasteiger partial charge is 0.338 e. The summed E-state index contributed by atoms with van der Waals surface area (Å²) in [4.78, 5) is 4.44. The van der Waals surface area contributed by atoms with Gasteiger partial charge in [-0.3, -0.25) is 0 Å². The third kappa shape index (κ3) is 3.32. The summed E-state index contributed by atoms with van der Waals surface area (Å²) < 4.78 is 7.56. The topological polar surface area (TPSA) is 69.6 Å². The molecule has 0 saturated heterocycles. The molecule has 0 unspecified atom stereocenters. The second-order valence-electron chi connectivity index (χ2n) is 5.67. The molecule has 1 aliphatic heterocycles. The van der Waals surface area contributed by atoms with E-state index in [4.69, 9.17) is 16.1 Å². The second kappa shape index (κ2) is 6.94. The van der Waals surface area contributed by atoms with Gasteiger partial charge in [-0.1, -0.05) is 47.1 Å². The zero-order valence-electron chi connectivity index (χ0n) is 13.0. The highest BCUT2D eigenvalue weighted by Gasteiger charge is 2.16. The number of thioether (sulfide) groups is 1. The van der Waals surface area contributed by atoms with Gasteiger partial charge in [0.2, 0.25) is 11.7 Å². The highest BCUT2D eigenvalue weighted by Crippen LogP contribution is 2.26. The van der Waals surface area contributed by atoms with Crippen molar-refractivity contribution in [1.29, 1.82) is 0 Å². The van der Waals surface area contributed by atoms with Crippen LogP contribution in [0.3, 0.4) is 0 Å². The first-order valence-corrected chi connectivity index (χ1v) is 9.29. The minimum Gasteiger partial charge on any atom is -0.338 e. The number of nitrogens with zero attached hydrogens (tertiary/aromatic N) is 5. The quantitative estimate of drug-likeness (QED) is 0.654. The van der Waals surface area contributed by atoms with Crippen molar-refractivity contribution in [2.75, 3.05) is 0 Å². The van der Waals surface area contributed by atoms with Crippen LogP contribution < -0.4 is 0 Å².